The van der Waals surface area contributed by atoms with Crippen molar-refractivity contribution in [2.45, 2.75) is 31.7 Å². The number of rotatable bonds is 7. The molecule has 0 radical (unpaired) electrons. The number of hydrogen-bond donors (Lipinski definition) is 3. The average molecular weight is 289 g/mol. The molecule has 3 N–H and O–H groups in total. The minimum atomic E-state index is -0.140. The summed E-state index contributed by atoms with van der Waals surface area (Å²) in [4.78, 5) is 23.3. The Morgan fingerprint density at radius 1 is 1.14 bits per heavy atom. The monoisotopic (exact) mass is 289 g/mol. The van der Waals surface area contributed by atoms with Gasteiger partial charge in [-0.1, -0.05) is 30.3 Å². The quantitative estimate of drug-likeness (QED) is 0.688. The van der Waals surface area contributed by atoms with Crippen LogP contribution in [0.15, 0.2) is 30.3 Å². The predicted molar refractivity (Wildman–Crippen MR) is 81.8 cm³/mol. The van der Waals surface area contributed by atoms with E-state index in [0.29, 0.717) is 13.0 Å². The van der Waals surface area contributed by atoms with Gasteiger partial charge in [-0.2, -0.15) is 0 Å². The number of amides is 2. The molecule has 114 valence electrons. The Kier molecular flexibility index (Phi) is 6.22. The van der Waals surface area contributed by atoms with Crippen LogP contribution in [0.1, 0.15) is 24.8 Å². The maximum absolute atomic E-state index is 11.7. The SMILES string of the molecule is O=C(CNC(=O)CC1CCCN1)NCCc1ccccc1. The lowest BCUT2D eigenvalue weighted by Crippen LogP contribution is -2.39. The Morgan fingerprint density at radius 3 is 2.67 bits per heavy atom. The van der Waals surface area contributed by atoms with Gasteiger partial charge in [0.15, 0.2) is 0 Å². The third-order valence-corrected chi connectivity index (χ3v) is 3.62. The second kappa shape index (κ2) is 8.42. The first-order valence-electron chi connectivity index (χ1n) is 7.55. The molecule has 1 aliphatic heterocycles. The molecule has 1 saturated heterocycles. The zero-order valence-corrected chi connectivity index (χ0v) is 12.2. The maximum Gasteiger partial charge on any atom is 0.239 e. The van der Waals surface area contributed by atoms with Crippen LogP contribution in [0, 0.1) is 0 Å². The highest BCUT2D eigenvalue weighted by molar-refractivity contribution is 5.84. The first kappa shape index (κ1) is 15.5. The van der Waals surface area contributed by atoms with Gasteiger partial charge in [0.2, 0.25) is 11.8 Å². The topological polar surface area (TPSA) is 70.2 Å². The van der Waals surface area contributed by atoms with Crippen LogP contribution in [0.4, 0.5) is 0 Å². The Morgan fingerprint density at radius 2 is 1.95 bits per heavy atom. The average Bonchev–Trinajstić information content (AvgIpc) is 2.99. The van der Waals surface area contributed by atoms with E-state index in [1.165, 1.54) is 5.56 Å². The van der Waals surface area contributed by atoms with Crippen LogP contribution >= 0.6 is 0 Å². The van der Waals surface area contributed by atoms with E-state index in [0.717, 1.165) is 25.8 Å². The van der Waals surface area contributed by atoms with Gasteiger partial charge in [-0.25, -0.2) is 0 Å². The Bertz CT molecular complexity index is 456. The normalized spacial score (nSPS) is 17.4. The van der Waals surface area contributed by atoms with Crippen LogP contribution < -0.4 is 16.0 Å². The van der Waals surface area contributed by atoms with Gasteiger partial charge < -0.3 is 16.0 Å². The molecule has 1 heterocycles. The van der Waals surface area contributed by atoms with E-state index >= 15 is 0 Å². The van der Waals surface area contributed by atoms with Crippen LogP contribution in [-0.4, -0.2) is 37.5 Å². The second-order valence-electron chi connectivity index (χ2n) is 5.36. The van der Waals surface area contributed by atoms with Crippen LogP contribution in [0.3, 0.4) is 0 Å². The minimum Gasteiger partial charge on any atom is -0.354 e. The molecular formula is C16H23N3O2. The summed E-state index contributed by atoms with van der Waals surface area (Å²) in [5.74, 6) is -0.203. The summed E-state index contributed by atoms with van der Waals surface area (Å²) in [7, 11) is 0. The smallest absolute Gasteiger partial charge is 0.239 e. The van der Waals surface area contributed by atoms with Gasteiger partial charge in [0.1, 0.15) is 0 Å². The molecule has 1 fully saturated rings. The lowest BCUT2D eigenvalue weighted by Gasteiger charge is -2.10. The summed E-state index contributed by atoms with van der Waals surface area (Å²) in [6.07, 6.45) is 3.42. The minimum absolute atomic E-state index is 0.0559. The standard InChI is InChI=1S/C16H23N3O2/c20-15(11-14-7-4-9-17-14)19-12-16(21)18-10-8-13-5-2-1-3-6-13/h1-3,5-6,14,17H,4,7-12H2,(H,18,21)(H,19,20). The molecule has 2 rings (SSSR count). The first-order valence-corrected chi connectivity index (χ1v) is 7.55. The van der Waals surface area contributed by atoms with Crippen LogP contribution in [0.2, 0.25) is 0 Å². The Labute approximate surface area is 125 Å². The first-order chi connectivity index (χ1) is 10.2. The summed E-state index contributed by atoms with van der Waals surface area (Å²) < 4.78 is 0. The van der Waals surface area contributed by atoms with Crippen molar-refractivity contribution in [3.63, 3.8) is 0 Å². The summed E-state index contributed by atoms with van der Waals surface area (Å²) in [5.41, 5.74) is 1.19. The molecule has 1 atom stereocenters. The Balaban J connectivity index is 1.55. The van der Waals surface area contributed by atoms with Crippen molar-refractivity contribution in [1.29, 1.82) is 0 Å². The van der Waals surface area contributed by atoms with E-state index in [-0.39, 0.29) is 24.4 Å². The molecule has 0 aliphatic carbocycles. The molecule has 1 aromatic rings. The molecule has 0 bridgehead atoms. The molecule has 5 nitrogen and oxygen atoms in total. The van der Waals surface area contributed by atoms with Gasteiger partial charge in [0, 0.05) is 19.0 Å². The summed E-state index contributed by atoms with van der Waals surface area (Å²) >= 11 is 0. The molecule has 1 unspecified atom stereocenters. The third kappa shape index (κ3) is 5.95. The van der Waals surface area contributed by atoms with Crippen molar-refractivity contribution in [3.8, 4) is 0 Å². The van der Waals surface area contributed by atoms with Crippen molar-refractivity contribution >= 4 is 11.8 Å². The van der Waals surface area contributed by atoms with Crippen LogP contribution in [-0.2, 0) is 16.0 Å². The number of benzene rings is 1. The Hall–Kier alpha value is -1.88. The third-order valence-electron chi connectivity index (χ3n) is 3.62. The fraction of sp³-hybridized carbons (Fsp3) is 0.500. The van der Waals surface area contributed by atoms with Gasteiger partial charge in [0.05, 0.1) is 6.54 Å². The number of hydrogen-bond acceptors (Lipinski definition) is 3. The van der Waals surface area contributed by atoms with Crippen molar-refractivity contribution in [3.05, 3.63) is 35.9 Å². The van der Waals surface area contributed by atoms with E-state index in [1.54, 1.807) is 0 Å². The van der Waals surface area contributed by atoms with Crippen LogP contribution in [0.25, 0.3) is 0 Å². The van der Waals surface area contributed by atoms with E-state index in [4.69, 9.17) is 0 Å². The zero-order chi connectivity index (χ0) is 14.9. The van der Waals surface area contributed by atoms with Crippen LogP contribution in [0.5, 0.6) is 0 Å². The van der Waals surface area contributed by atoms with Gasteiger partial charge >= 0.3 is 0 Å². The molecule has 1 aromatic carbocycles. The summed E-state index contributed by atoms with van der Waals surface area (Å²) in [6.45, 7) is 1.63. The lowest BCUT2D eigenvalue weighted by atomic mass is 10.1. The highest BCUT2D eigenvalue weighted by Crippen LogP contribution is 2.07. The van der Waals surface area contributed by atoms with Gasteiger partial charge in [0.25, 0.3) is 0 Å². The predicted octanol–water partition coefficient (Wildman–Crippen LogP) is 0.604. The molecule has 5 heteroatoms. The maximum atomic E-state index is 11.7. The lowest BCUT2D eigenvalue weighted by molar-refractivity contribution is -0.126. The molecular weight excluding hydrogens is 266 g/mol. The summed E-state index contributed by atoms with van der Waals surface area (Å²) in [5, 5.41) is 8.74. The molecule has 0 saturated carbocycles. The van der Waals surface area contributed by atoms with E-state index in [2.05, 4.69) is 16.0 Å². The van der Waals surface area contributed by atoms with Crippen molar-refractivity contribution in [2.24, 2.45) is 0 Å². The molecule has 0 aromatic heterocycles. The fourth-order valence-corrected chi connectivity index (χ4v) is 2.46. The van der Waals surface area contributed by atoms with Gasteiger partial charge in [-0.3, -0.25) is 9.59 Å². The van der Waals surface area contributed by atoms with E-state index in [9.17, 15) is 9.59 Å². The molecule has 21 heavy (non-hydrogen) atoms. The van der Waals surface area contributed by atoms with Gasteiger partial charge in [-0.05, 0) is 31.4 Å². The fourth-order valence-electron chi connectivity index (χ4n) is 2.46. The van der Waals surface area contributed by atoms with E-state index in [1.807, 2.05) is 30.3 Å². The highest BCUT2D eigenvalue weighted by atomic mass is 16.2. The van der Waals surface area contributed by atoms with Crippen molar-refractivity contribution in [2.75, 3.05) is 19.6 Å². The summed E-state index contributed by atoms with van der Waals surface area (Å²) in [6, 6.07) is 10.3. The van der Waals surface area contributed by atoms with E-state index < -0.39 is 0 Å². The molecule has 2 amide bonds. The van der Waals surface area contributed by atoms with Crippen molar-refractivity contribution < 1.29 is 9.59 Å². The molecule has 0 spiro atoms. The number of carbonyl (C=O) groups is 2. The largest absolute Gasteiger partial charge is 0.354 e. The van der Waals surface area contributed by atoms with Crippen molar-refractivity contribution in [1.82, 2.24) is 16.0 Å². The molecule has 1 aliphatic rings. The highest BCUT2D eigenvalue weighted by Gasteiger charge is 2.17. The second-order valence-corrected chi connectivity index (χ2v) is 5.36. The zero-order valence-electron chi connectivity index (χ0n) is 12.2. The number of carbonyl (C=O) groups excluding carboxylic acids is 2. The number of nitrogens with one attached hydrogen (secondary N) is 3. The van der Waals surface area contributed by atoms with Gasteiger partial charge in [-0.15, -0.1) is 0 Å².